The molecule has 0 N–H and O–H groups in total. The molecule has 1 aliphatic rings. The van der Waals surface area contributed by atoms with Gasteiger partial charge in [0, 0.05) is 37.4 Å². The lowest BCUT2D eigenvalue weighted by Gasteiger charge is -2.26. The molecule has 4 aromatic rings. The number of para-hydroxylation sites is 1. The fourth-order valence-corrected chi connectivity index (χ4v) is 3.86. The molecule has 2 aromatic carbocycles. The first-order valence-corrected chi connectivity index (χ1v) is 9.18. The molecule has 3 heteroatoms. The minimum atomic E-state index is 0.969. The highest BCUT2D eigenvalue weighted by molar-refractivity contribution is 5.80. The summed E-state index contributed by atoms with van der Waals surface area (Å²) in [5, 5.41) is 1.18. The first-order chi connectivity index (χ1) is 12.9. The van der Waals surface area contributed by atoms with Crippen LogP contribution in [0.15, 0.2) is 79.1 Å². The van der Waals surface area contributed by atoms with Crippen LogP contribution in [-0.4, -0.2) is 27.4 Å². The first kappa shape index (κ1) is 15.4. The van der Waals surface area contributed by atoms with Crippen LogP contribution in [-0.2, 0) is 6.54 Å². The Morgan fingerprint density at radius 1 is 0.962 bits per heavy atom. The van der Waals surface area contributed by atoms with Crippen molar-refractivity contribution >= 4 is 22.1 Å². The second kappa shape index (κ2) is 6.43. The summed E-state index contributed by atoms with van der Waals surface area (Å²) in [6, 6.07) is 21.4. The monoisotopic (exact) mass is 339 g/mol. The Morgan fingerprint density at radius 3 is 2.65 bits per heavy atom. The van der Waals surface area contributed by atoms with Crippen LogP contribution in [0.1, 0.15) is 17.5 Å². The van der Waals surface area contributed by atoms with Crippen LogP contribution < -0.4 is 0 Å². The maximum atomic E-state index is 4.61. The molecule has 0 saturated carbocycles. The molecule has 3 heterocycles. The van der Waals surface area contributed by atoms with Crippen molar-refractivity contribution in [2.24, 2.45) is 0 Å². The van der Waals surface area contributed by atoms with Crippen LogP contribution in [0.5, 0.6) is 0 Å². The van der Waals surface area contributed by atoms with Crippen LogP contribution in [0.4, 0.5) is 0 Å². The second-order valence-electron chi connectivity index (χ2n) is 6.97. The van der Waals surface area contributed by atoms with Gasteiger partial charge in [0.2, 0.25) is 0 Å². The number of fused-ring (bicyclic) bond motifs is 3. The predicted octanol–water partition coefficient (Wildman–Crippen LogP) is 4.78. The van der Waals surface area contributed by atoms with Crippen LogP contribution in [0.2, 0.25) is 0 Å². The molecule has 128 valence electrons. The molecule has 0 atom stereocenters. The van der Waals surface area contributed by atoms with Gasteiger partial charge in [-0.2, -0.15) is 0 Å². The standard InChI is InChI=1S/C23H21N3/c1-2-6-19(7-3-1)20-10-12-25(13-11-20)16-18-14-23-24-15-21-8-4-5-9-22(21)26(23)17-18/h1-10,14-15,17H,11-13,16H2. The van der Waals surface area contributed by atoms with Crippen molar-refractivity contribution < 1.29 is 0 Å². The average molecular weight is 339 g/mol. The van der Waals surface area contributed by atoms with E-state index >= 15 is 0 Å². The Kier molecular flexibility index (Phi) is 3.80. The van der Waals surface area contributed by atoms with Crippen molar-refractivity contribution in [3.8, 4) is 0 Å². The lowest BCUT2D eigenvalue weighted by Crippen LogP contribution is -2.27. The summed E-state index contributed by atoms with van der Waals surface area (Å²) in [5.74, 6) is 0. The molecule has 5 rings (SSSR count). The van der Waals surface area contributed by atoms with Crippen LogP contribution in [0.3, 0.4) is 0 Å². The van der Waals surface area contributed by atoms with E-state index in [9.17, 15) is 0 Å². The van der Waals surface area contributed by atoms with E-state index in [0.717, 1.165) is 31.7 Å². The highest BCUT2D eigenvalue weighted by Crippen LogP contribution is 2.24. The molecule has 1 aliphatic heterocycles. The van der Waals surface area contributed by atoms with E-state index in [0.29, 0.717) is 0 Å². The molecule has 26 heavy (non-hydrogen) atoms. The van der Waals surface area contributed by atoms with Crippen LogP contribution in [0, 0.1) is 0 Å². The van der Waals surface area contributed by atoms with Crippen LogP contribution in [0.25, 0.3) is 22.1 Å². The number of rotatable bonds is 3. The van der Waals surface area contributed by atoms with Gasteiger partial charge < -0.3 is 4.40 Å². The zero-order chi connectivity index (χ0) is 17.3. The quantitative estimate of drug-likeness (QED) is 0.535. The Hall–Kier alpha value is -2.91. The van der Waals surface area contributed by atoms with Crippen LogP contribution >= 0.6 is 0 Å². The molecule has 0 aliphatic carbocycles. The fraction of sp³-hybridized carbons (Fsp3) is 0.174. The molecule has 0 unspecified atom stereocenters. The number of hydrogen-bond acceptors (Lipinski definition) is 2. The van der Waals surface area contributed by atoms with E-state index in [1.165, 1.54) is 27.6 Å². The molecule has 0 amide bonds. The molecule has 0 fully saturated rings. The van der Waals surface area contributed by atoms with E-state index in [1.807, 2.05) is 6.20 Å². The zero-order valence-electron chi connectivity index (χ0n) is 14.7. The molecule has 0 bridgehead atoms. The highest BCUT2D eigenvalue weighted by Gasteiger charge is 2.14. The van der Waals surface area contributed by atoms with Crippen molar-refractivity contribution in [1.82, 2.24) is 14.3 Å². The predicted molar refractivity (Wildman–Crippen MR) is 107 cm³/mol. The van der Waals surface area contributed by atoms with Crippen molar-refractivity contribution in [1.29, 1.82) is 0 Å². The van der Waals surface area contributed by atoms with Gasteiger partial charge in [-0.05, 0) is 35.3 Å². The maximum absolute atomic E-state index is 4.61. The third kappa shape index (κ3) is 2.80. The summed E-state index contributed by atoms with van der Waals surface area (Å²) in [6.45, 7) is 3.07. The second-order valence-corrected chi connectivity index (χ2v) is 6.97. The smallest absolute Gasteiger partial charge is 0.137 e. The zero-order valence-corrected chi connectivity index (χ0v) is 14.7. The number of aromatic nitrogens is 2. The van der Waals surface area contributed by atoms with Gasteiger partial charge in [-0.25, -0.2) is 4.98 Å². The van der Waals surface area contributed by atoms with E-state index in [2.05, 4.69) is 87.2 Å². The Balaban J connectivity index is 1.37. The SMILES string of the molecule is C1=C(c2ccccc2)CCN(Cc2cc3ncc4ccccc4n3c2)C1. The van der Waals surface area contributed by atoms with E-state index in [-0.39, 0.29) is 0 Å². The molecular formula is C23H21N3. The van der Waals surface area contributed by atoms with E-state index in [4.69, 9.17) is 0 Å². The summed E-state index contributed by atoms with van der Waals surface area (Å²) in [6.07, 6.45) is 7.69. The van der Waals surface area contributed by atoms with Gasteiger partial charge in [-0.1, -0.05) is 54.6 Å². The van der Waals surface area contributed by atoms with E-state index in [1.54, 1.807) is 0 Å². The average Bonchev–Trinajstić information content (AvgIpc) is 3.12. The van der Waals surface area contributed by atoms with Gasteiger partial charge in [0.25, 0.3) is 0 Å². The van der Waals surface area contributed by atoms with Crippen molar-refractivity contribution in [3.63, 3.8) is 0 Å². The van der Waals surface area contributed by atoms with Gasteiger partial charge >= 0.3 is 0 Å². The molecule has 0 spiro atoms. The Morgan fingerprint density at radius 2 is 1.81 bits per heavy atom. The summed E-state index contributed by atoms with van der Waals surface area (Å²) in [5.41, 5.74) is 6.39. The Labute approximate surface area is 153 Å². The minimum absolute atomic E-state index is 0.969. The molecular weight excluding hydrogens is 318 g/mol. The lowest BCUT2D eigenvalue weighted by molar-refractivity contribution is 0.294. The van der Waals surface area contributed by atoms with Crippen molar-refractivity contribution in [2.75, 3.05) is 13.1 Å². The lowest BCUT2D eigenvalue weighted by atomic mass is 9.99. The largest absolute Gasteiger partial charge is 0.301 e. The third-order valence-electron chi connectivity index (χ3n) is 5.23. The van der Waals surface area contributed by atoms with Gasteiger partial charge in [0.1, 0.15) is 5.65 Å². The van der Waals surface area contributed by atoms with Gasteiger partial charge in [-0.15, -0.1) is 0 Å². The van der Waals surface area contributed by atoms with E-state index < -0.39 is 0 Å². The summed E-state index contributed by atoms with van der Waals surface area (Å²) < 4.78 is 2.21. The highest BCUT2D eigenvalue weighted by atomic mass is 15.1. The summed E-state index contributed by atoms with van der Waals surface area (Å²) in [4.78, 5) is 7.11. The molecule has 3 nitrogen and oxygen atoms in total. The van der Waals surface area contributed by atoms with Crippen molar-refractivity contribution in [2.45, 2.75) is 13.0 Å². The number of nitrogens with zero attached hydrogens (tertiary/aromatic N) is 3. The molecule has 0 saturated heterocycles. The Bertz CT molecular complexity index is 1090. The van der Waals surface area contributed by atoms with Gasteiger partial charge in [0.15, 0.2) is 0 Å². The summed E-state index contributed by atoms with van der Waals surface area (Å²) >= 11 is 0. The number of benzene rings is 2. The van der Waals surface area contributed by atoms with Gasteiger partial charge in [0.05, 0.1) is 5.52 Å². The maximum Gasteiger partial charge on any atom is 0.137 e. The fourth-order valence-electron chi connectivity index (χ4n) is 3.86. The molecule has 2 aromatic heterocycles. The summed E-state index contributed by atoms with van der Waals surface area (Å²) in [7, 11) is 0. The number of hydrogen-bond donors (Lipinski definition) is 0. The molecule has 0 radical (unpaired) electrons. The van der Waals surface area contributed by atoms with Gasteiger partial charge in [-0.3, -0.25) is 4.90 Å². The first-order valence-electron chi connectivity index (χ1n) is 9.18. The van der Waals surface area contributed by atoms with Crippen molar-refractivity contribution in [3.05, 3.63) is 90.3 Å². The minimum Gasteiger partial charge on any atom is -0.301 e. The topological polar surface area (TPSA) is 20.5 Å². The third-order valence-corrected chi connectivity index (χ3v) is 5.23. The normalized spacial score (nSPS) is 15.5.